The summed E-state index contributed by atoms with van der Waals surface area (Å²) in [5, 5.41) is 0. The lowest BCUT2D eigenvalue weighted by Gasteiger charge is -2.17. The predicted octanol–water partition coefficient (Wildman–Crippen LogP) is 4.80. The van der Waals surface area contributed by atoms with Crippen LogP contribution in [0.25, 0.3) is 0 Å². The number of hydrogen-bond donors (Lipinski definition) is 0. The van der Waals surface area contributed by atoms with E-state index in [4.69, 9.17) is 4.74 Å². The Bertz CT molecular complexity index is 282. The second kappa shape index (κ2) is 8.96. The van der Waals surface area contributed by atoms with Crippen LogP contribution in [0.15, 0.2) is 24.3 Å². The first-order chi connectivity index (χ1) is 8.31. The molecule has 18 heavy (non-hydrogen) atoms. The number of ether oxygens (including phenoxy) is 1. The van der Waals surface area contributed by atoms with Gasteiger partial charge in [0.25, 0.3) is 0 Å². The van der Waals surface area contributed by atoms with Crippen LogP contribution in [0.4, 0.5) is 0 Å². The molecule has 0 aliphatic carbocycles. The van der Waals surface area contributed by atoms with Crippen molar-refractivity contribution in [1.29, 1.82) is 0 Å². The van der Waals surface area contributed by atoms with Gasteiger partial charge in [0, 0.05) is 6.08 Å². The van der Waals surface area contributed by atoms with Gasteiger partial charge in [-0.05, 0) is 53.4 Å². The van der Waals surface area contributed by atoms with Gasteiger partial charge in [-0.15, -0.1) is 6.58 Å². The highest BCUT2D eigenvalue weighted by molar-refractivity contribution is 5.82. The van der Waals surface area contributed by atoms with Crippen molar-refractivity contribution in [1.82, 2.24) is 0 Å². The minimum absolute atomic E-state index is 0.246. The average molecular weight is 252 g/mol. The molecular formula is C16H28O2. The topological polar surface area (TPSA) is 26.3 Å². The van der Waals surface area contributed by atoms with Crippen LogP contribution in [0, 0.1) is 0 Å². The molecule has 0 bridgehead atoms. The standard InChI is InChI=1S/C16H28O2/c1-14(2)12-10-8-6-7-9-11-13-15(17)18-16(3,4)5/h11,13H,1,6-10,12H2,2-5H3/b13-11+. The monoisotopic (exact) mass is 252 g/mol. The van der Waals surface area contributed by atoms with Crippen molar-refractivity contribution in [2.45, 2.75) is 71.8 Å². The summed E-state index contributed by atoms with van der Waals surface area (Å²) in [5.41, 5.74) is 0.865. The van der Waals surface area contributed by atoms with E-state index in [0.717, 1.165) is 19.3 Å². The second-order valence-corrected chi connectivity index (χ2v) is 5.85. The summed E-state index contributed by atoms with van der Waals surface area (Å²) < 4.78 is 5.17. The molecule has 2 heteroatoms. The minimum atomic E-state index is -0.399. The van der Waals surface area contributed by atoms with Crippen molar-refractivity contribution >= 4 is 5.97 Å². The third-order valence-corrected chi connectivity index (χ3v) is 2.39. The number of hydrogen-bond acceptors (Lipinski definition) is 2. The SMILES string of the molecule is C=C(C)CCCCCC/C=C/C(=O)OC(C)(C)C. The number of unbranched alkanes of at least 4 members (excludes halogenated alkanes) is 4. The Balaban J connectivity index is 3.48. The summed E-state index contributed by atoms with van der Waals surface area (Å²) in [6.45, 7) is 11.6. The Hall–Kier alpha value is -1.05. The van der Waals surface area contributed by atoms with E-state index in [1.807, 2.05) is 26.8 Å². The molecule has 0 spiro atoms. The summed E-state index contributed by atoms with van der Waals surface area (Å²) in [6, 6.07) is 0. The van der Waals surface area contributed by atoms with Gasteiger partial charge in [-0.2, -0.15) is 0 Å². The zero-order chi connectivity index (χ0) is 14.0. The zero-order valence-corrected chi connectivity index (χ0v) is 12.4. The van der Waals surface area contributed by atoms with Crippen LogP contribution in [-0.2, 0) is 9.53 Å². The number of rotatable bonds is 8. The first kappa shape index (κ1) is 16.9. The summed E-state index contributed by atoms with van der Waals surface area (Å²) in [7, 11) is 0. The molecule has 104 valence electrons. The Morgan fingerprint density at radius 1 is 1.17 bits per heavy atom. The lowest BCUT2D eigenvalue weighted by Crippen LogP contribution is -2.22. The van der Waals surface area contributed by atoms with Crippen LogP contribution in [0.5, 0.6) is 0 Å². The van der Waals surface area contributed by atoms with Gasteiger partial charge >= 0.3 is 5.97 Å². The summed E-state index contributed by atoms with van der Waals surface area (Å²) in [6.07, 6.45) is 10.4. The van der Waals surface area contributed by atoms with E-state index in [-0.39, 0.29) is 5.97 Å². The molecule has 0 atom stereocenters. The largest absolute Gasteiger partial charge is 0.457 e. The normalized spacial score (nSPS) is 11.8. The fourth-order valence-corrected chi connectivity index (χ4v) is 1.56. The first-order valence-corrected chi connectivity index (χ1v) is 6.85. The average Bonchev–Trinajstić information content (AvgIpc) is 2.18. The van der Waals surface area contributed by atoms with Crippen molar-refractivity contribution in [3.8, 4) is 0 Å². The van der Waals surface area contributed by atoms with Crippen molar-refractivity contribution in [2.75, 3.05) is 0 Å². The van der Waals surface area contributed by atoms with Gasteiger partial charge in [-0.25, -0.2) is 4.79 Å². The number of allylic oxidation sites excluding steroid dienone is 2. The number of carbonyl (C=O) groups excluding carboxylic acids is 1. The highest BCUT2D eigenvalue weighted by Gasteiger charge is 2.13. The quantitative estimate of drug-likeness (QED) is 0.268. The van der Waals surface area contributed by atoms with Gasteiger partial charge in [0.1, 0.15) is 5.60 Å². The number of carbonyl (C=O) groups is 1. The highest BCUT2D eigenvalue weighted by Crippen LogP contribution is 2.10. The Morgan fingerprint density at radius 3 is 2.33 bits per heavy atom. The van der Waals surface area contributed by atoms with Gasteiger partial charge in [0.2, 0.25) is 0 Å². The van der Waals surface area contributed by atoms with Crippen LogP contribution < -0.4 is 0 Å². The van der Waals surface area contributed by atoms with Gasteiger partial charge < -0.3 is 4.74 Å². The third kappa shape index (κ3) is 13.0. The second-order valence-electron chi connectivity index (χ2n) is 5.85. The van der Waals surface area contributed by atoms with E-state index in [2.05, 4.69) is 13.5 Å². The minimum Gasteiger partial charge on any atom is -0.457 e. The Labute approximate surface area is 112 Å². The van der Waals surface area contributed by atoms with Gasteiger partial charge in [-0.1, -0.05) is 24.5 Å². The maximum Gasteiger partial charge on any atom is 0.330 e. The highest BCUT2D eigenvalue weighted by atomic mass is 16.6. The Morgan fingerprint density at radius 2 is 1.78 bits per heavy atom. The van der Waals surface area contributed by atoms with Crippen molar-refractivity contribution in [3.05, 3.63) is 24.3 Å². The van der Waals surface area contributed by atoms with Crippen LogP contribution in [0.1, 0.15) is 66.2 Å². The van der Waals surface area contributed by atoms with Crippen LogP contribution in [0.3, 0.4) is 0 Å². The van der Waals surface area contributed by atoms with Gasteiger partial charge in [0.05, 0.1) is 0 Å². The van der Waals surface area contributed by atoms with E-state index in [9.17, 15) is 4.79 Å². The summed E-state index contributed by atoms with van der Waals surface area (Å²) in [5.74, 6) is -0.246. The predicted molar refractivity (Wildman–Crippen MR) is 77.5 cm³/mol. The zero-order valence-electron chi connectivity index (χ0n) is 12.4. The van der Waals surface area contributed by atoms with Crippen LogP contribution >= 0.6 is 0 Å². The molecule has 0 heterocycles. The molecule has 0 saturated heterocycles. The lowest BCUT2D eigenvalue weighted by atomic mass is 10.1. The molecule has 0 amide bonds. The fraction of sp³-hybridized carbons (Fsp3) is 0.688. The van der Waals surface area contributed by atoms with E-state index >= 15 is 0 Å². The van der Waals surface area contributed by atoms with E-state index in [0.29, 0.717) is 0 Å². The molecule has 0 N–H and O–H groups in total. The van der Waals surface area contributed by atoms with Gasteiger partial charge in [-0.3, -0.25) is 0 Å². The third-order valence-electron chi connectivity index (χ3n) is 2.39. The summed E-state index contributed by atoms with van der Waals surface area (Å²) in [4.78, 5) is 11.4. The number of esters is 1. The fourth-order valence-electron chi connectivity index (χ4n) is 1.56. The van der Waals surface area contributed by atoms with Crippen molar-refractivity contribution < 1.29 is 9.53 Å². The summed E-state index contributed by atoms with van der Waals surface area (Å²) >= 11 is 0. The molecule has 0 saturated carbocycles. The first-order valence-electron chi connectivity index (χ1n) is 6.85. The van der Waals surface area contributed by atoms with Crippen LogP contribution in [-0.4, -0.2) is 11.6 Å². The molecule has 0 rings (SSSR count). The van der Waals surface area contributed by atoms with E-state index in [1.165, 1.54) is 24.8 Å². The lowest BCUT2D eigenvalue weighted by molar-refractivity contribution is -0.148. The van der Waals surface area contributed by atoms with Crippen molar-refractivity contribution in [2.24, 2.45) is 0 Å². The molecule has 0 aromatic carbocycles. The molecule has 0 fully saturated rings. The molecule has 0 aliphatic rings. The maximum absolute atomic E-state index is 11.4. The molecule has 0 aliphatic heterocycles. The molecule has 0 aromatic heterocycles. The molecule has 0 radical (unpaired) electrons. The van der Waals surface area contributed by atoms with E-state index in [1.54, 1.807) is 6.08 Å². The van der Waals surface area contributed by atoms with Crippen LogP contribution in [0.2, 0.25) is 0 Å². The molecule has 0 aromatic rings. The smallest absolute Gasteiger partial charge is 0.330 e. The van der Waals surface area contributed by atoms with E-state index < -0.39 is 5.60 Å². The Kier molecular flexibility index (Phi) is 8.43. The van der Waals surface area contributed by atoms with Crippen molar-refractivity contribution in [3.63, 3.8) is 0 Å². The molecule has 2 nitrogen and oxygen atoms in total. The maximum atomic E-state index is 11.4. The molecular weight excluding hydrogens is 224 g/mol. The molecule has 0 unspecified atom stereocenters. The van der Waals surface area contributed by atoms with Gasteiger partial charge in [0.15, 0.2) is 0 Å².